The lowest BCUT2D eigenvalue weighted by atomic mass is 9.99. The van der Waals surface area contributed by atoms with Crippen LogP contribution in [-0.4, -0.2) is 32.0 Å². The second-order valence-electron chi connectivity index (χ2n) is 7.72. The van der Waals surface area contributed by atoms with Crippen molar-refractivity contribution in [2.75, 3.05) is 0 Å². The molecule has 2 aliphatic rings. The minimum atomic E-state index is -0.256. The van der Waals surface area contributed by atoms with Crippen molar-refractivity contribution in [3.8, 4) is 11.4 Å². The largest absolute Gasteiger partial charge is 0.337 e. The summed E-state index contributed by atoms with van der Waals surface area (Å²) in [4.78, 5) is 19.2. The molecule has 1 aromatic heterocycles. The van der Waals surface area contributed by atoms with Crippen LogP contribution in [0.4, 0.5) is 0 Å². The van der Waals surface area contributed by atoms with Gasteiger partial charge < -0.3 is 14.4 Å². The maximum Gasteiger partial charge on any atom is 0.251 e. The number of nitrogens with one attached hydrogen (secondary N) is 1. The summed E-state index contributed by atoms with van der Waals surface area (Å²) >= 11 is 3.45. The lowest BCUT2D eigenvalue weighted by molar-refractivity contribution is -0.135. The molecular weight excluding hydrogens is 458 g/mol. The Kier molecular flexibility index (Phi) is 5.33. The number of hydrogen-bond donors (Lipinski definition) is 1. The fourth-order valence-corrected chi connectivity index (χ4v) is 4.38. The number of amides is 1. The van der Waals surface area contributed by atoms with Crippen LogP contribution in [0, 0.1) is 0 Å². The third kappa shape index (κ3) is 4.00. The zero-order valence-corrected chi connectivity index (χ0v) is 18.6. The Morgan fingerprint density at radius 2 is 2.03 bits per heavy atom. The van der Waals surface area contributed by atoms with Gasteiger partial charge >= 0.3 is 0 Å². The second-order valence-corrected chi connectivity index (χ2v) is 8.64. The lowest BCUT2D eigenvalue weighted by Crippen LogP contribution is -2.47. The van der Waals surface area contributed by atoms with Crippen molar-refractivity contribution in [2.45, 2.75) is 38.4 Å². The first-order valence-corrected chi connectivity index (χ1v) is 11.1. The fourth-order valence-electron chi connectivity index (χ4n) is 3.98. The topological polar surface area (TPSA) is 74.5 Å². The number of hydrazine groups is 1. The number of rotatable bonds is 5. The molecule has 2 aromatic carbocycles. The molecule has 8 heteroatoms. The Labute approximate surface area is 188 Å². The molecule has 1 saturated heterocycles. The smallest absolute Gasteiger partial charge is 0.251 e. The summed E-state index contributed by atoms with van der Waals surface area (Å²) in [5.41, 5.74) is 6.79. The number of fused-ring (bicyclic) bond motifs is 1. The summed E-state index contributed by atoms with van der Waals surface area (Å²) in [7, 11) is 0. The first-order chi connectivity index (χ1) is 15.1. The van der Waals surface area contributed by atoms with E-state index < -0.39 is 0 Å². The standard InChI is InChI=1S/C23H22BrN5O2/c1-2-15-6-8-16(9-7-15)19-13-20-23(30)28(10-11-29(20)26-19)14-21-25-22(27-31-21)17-4-3-5-18(24)12-17/h3-12,19-20,26H,2,13-14H2,1H3. The number of nitrogens with zero attached hydrogens (tertiary/aromatic N) is 4. The van der Waals surface area contributed by atoms with Crippen molar-refractivity contribution in [3.63, 3.8) is 0 Å². The summed E-state index contributed by atoms with van der Waals surface area (Å²) in [6.45, 7) is 2.39. The average Bonchev–Trinajstić information content (AvgIpc) is 3.44. The van der Waals surface area contributed by atoms with Gasteiger partial charge in [-0.15, -0.1) is 0 Å². The van der Waals surface area contributed by atoms with Gasteiger partial charge in [0.05, 0.1) is 6.04 Å². The van der Waals surface area contributed by atoms with E-state index >= 15 is 0 Å². The van der Waals surface area contributed by atoms with E-state index in [2.05, 4.69) is 62.7 Å². The van der Waals surface area contributed by atoms with Crippen LogP contribution in [0.2, 0.25) is 0 Å². The maximum absolute atomic E-state index is 13.1. The van der Waals surface area contributed by atoms with Gasteiger partial charge in [0.15, 0.2) is 0 Å². The Morgan fingerprint density at radius 3 is 2.81 bits per heavy atom. The number of carbonyl (C=O) groups excluding carboxylic acids is 1. The Balaban J connectivity index is 1.27. The van der Waals surface area contributed by atoms with E-state index in [9.17, 15) is 4.79 Å². The summed E-state index contributed by atoms with van der Waals surface area (Å²) < 4.78 is 6.34. The van der Waals surface area contributed by atoms with Crippen LogP contribution in [0.1, 0.15) is 36.4 Å². The van der Waals surface area contributed by atoms with Crippen molar-refractivity contribution >= 4 is 21.8 Å². The van der Waals surface area contributed by atoms with E-state index in [1.54, 1.807) is 11.1 Å². The third-order valence-corrected chi connectivity index (χ3v) is 6.22. The molecule has 3 aromatic rings. The van der Waals surface area contributed by atoms with Crippen molar-refractivity contribution in [3.05, 3.63) is 82.4 Å². The van der Waals surface area contributed by atoms with E-state index in [0.29, 0.717) is 18.1 Å². The minimum absolute atomic E-state index is 0.0184. The molecule has 1 N–H and O–H groups in total. The van der Waals surface area contributed by atoms with Gasteiger partial charge in [-0.25, -0.2) is 5.43 Å². The zero-order chi connectivity index (χ0) is 21.4. The van der Waals surface area contributed by atoms with Gasteiger partial charge in [-0.3, -0.25) is 4.79 Å². The molecule has 0 spiro atoms. The summed E-state index contributed by atoms with van der Waals surface area (Å²) in [5.74, 6) is 0.924. The maximum atomic E-state index is 13.1. The molecule has 2 aliphatic heterocycles. The Morgan fingerprint density at radius 1 is 1.19 bits per heavy atom. The molecule has 0 radical (unpaired) electrons. The van der Waals surface area contributed by atoms with Crippen molar-refractivity contribution in [2.24, 2.45) is 0 Å². The zero-order valence-electron chi connectivity index (χ0n) is 17.0. The predicted molar refractivity (Wildman–Crippen MR) is 119 cm³/mol. The van der Waals surface area contributed by atoms with Gasteiger partial charge in [0.2, 0.25) is 11.7 Å². The molecule has 2 unspecified atom stereocenters. The highest BCUT2D eigenvalue weighted by Gasteiger charge is 2.40. The van der Waals surface area contributed by atoms with Crippen molar-refractivity contribution in [1.82, 2.24) is 25.5 Å². The van der Waals surface area contributed by atoms with Crippen LogP contribution in [0.5, 0.6) is 0 Å². The number of aryl methyl sites for hydroxylation is 1. The highest BCUT2D eigenvalue weighted by molar-refractivity contribution is 9.10. The molecule has 5 rings (SSSR count). The van der Waals surface area contributed by atoms with Crippen LogP contribution in [-0.2, 0) is 17.8 Å². The fraction of sp³-hybridized carbons (Fsp3) is 0.261. The summed E-state index contributed by atoms with van der Waals surface area (Å²) in [6, 6.07) is 16.1. The normalized spacial score (nSPS) is 20.4. The lowest BCUT2D eigenvalue weighted by Gasteiger charge is -2.30. The van der Waals surface area contributed by atoms with Crippen LogP contribution in [0.25, 0.3) is 11.4 Å². The highest BCUT2D eigenvalue weighted by atomic mass is 79.9. The summed E-state index contributed by atoms with van der Waals surface area (Å²) in [5, 5.41) is 5.96. The molecular formula is C23H22BrN5O2. The molecule has 1 amide bonds. The van der Waals surface area contributed by atoms with E-state index in [1.807, 2.05) is 35.5 Å². The summed E-state index contributed by atoms with van der Waals surface area (Å²) in [6.07, 6.45) is 5.38. The van der Waals surface area contributed by atoms with E-state index in [-0.39, 0.29) is 24.5 Å². The van der Waals surface area contributed by atoms with Crippen molar-refractivity contribution in [1.29, 1.82) is 0 Å². The quantitative estimate of drug-likeness (QED) is 0.591. The molecule has 2 atom stereocenters. The first kappa shape index (κ1) is 20.0. The third-order valence-electron chi connectivity index (χ3n) is 5.72. The van der Waals surface area contributed by atoms with E-state index in [0.717, 1.165) is 16.5 Å². The highest BCUT2D eigenvalue weighted by Crippen LogP contribution is 2.31. The monoisotopic (exact) mass is 479 g/mol. The van der Waals surface area contributed by atoms with Crippen LogP contribution in [0.3, 0.4) is 0 Å². The van der Waals surface area contributed by atoms with Gasteiger partial charge in [-0.1, -0.05) is 64.4 Å². The second kappa shape index (κ2) is 8.28. The molecule has 0 saturated carbocycles. The van der Waals surface area contributed by atoms with E-state index in [4.69, 9.17) is 4.52 Å². The number of hydrogen-bond acceptors (Lipinski definition) is 6. The number of benzene rings is 2. The SMILES string of the molecule is CCc1ccc(C2CC3C(=O)N(Cc4nc(-c5cccc(Br)c5)no4)C=CN3N2)cc1. The number of carbonyl (C=O) groups is 1. The van der Waals surface area contributed by atoms with Gasteiger partial charge in [-0.2, -0.15) is 4.98 Å². The minimum Gasteiger partial charge on any atom is -0.337 e. The van der Waals surface area contributed by atoms with Gasteiger partial charge in [0.25, 0.3) is 5.91 Å². The molecule has 158 valence electrons. The molecule has 1 fully saturated rings. The Bertz CT molecular complexity index is 1130. The predicted octanol–water partition coefficient (Wildman–Crippen LogP) is 4.20. The Hall–Kier alpha value is -2.97. The van der Waals surface area contributed by atoms with Crippen LogP contribution >= 0.6 is 15.9 Å². The average molecular weight is 480 g/mol. The van der Waals surface area contributed by atoms with Gasteiger partial charge in [-0.05, 0) is 36.1 Å². The molecule has 7 nitrogen and oxygen atoms in total. The molecule has 0 bridgehead atoms. The van der Waals surface area contributed by atoms with Gasteiger partial charge in [0, 0.05) is 22.4 Å². The molecule has 3 heterocycles. The van der Waals surface area contributed by atoms with Crippen LogP contribution in [0.15, 0.2) is 69.9 Å². The molecule has 0 aliphatic carbocycles. The van der Waals surface area contributed by atoms with Gasteiger partial charge in [0.1, 0.15) is 12.6 Å². The van der Waals surface area contributed by atoms with E-state index in [1.165, 1.54) is 11.1 Å². The molecule has 31 heavy (non-hydrogen) atoms. The first-order valence-electron chi connectivity index (χ1n) is 10.3. The number of halogens is 1. The van der Waals surface area contributed by atoms with Crippen LogP contribution < -0.4 is 5.43 Å². The number of aromatic nitrogens is 2. The van der Waals surface area contributed by atoms with Crippen molar-refractivity contribution < 1.29 is 9.32 Å².